The Morgan fingerprint density at radius 1 is 1.06 bits per heavy atom. The quantitative estimate of drug-likeness (QED) is 0.575. The Bertz CT molecular complexity index is 351. The van der Waals surface area contributed by atoms with Gasteiger partial charge < -0.3 is 0 Å². The van der Waals surface area contributed by atoms with Gasteiger partial charge in [0.25, 0.3) is 0 Å². The minimum atomic E-state index is -0.219. The predicted molar refractivity (Wildman–Crippen MR) is 75.2 cm³/mol. The number of rotatable bonds is 8. The lowest BCUT2D eigenvalue weighted by Gasteiger charge is -2.30. The zero-order chi connectivity index (χ0) is 13.4. The van der Waals surface area contributed by atoms with Crippen molar-refractivity contribution in [2.75, 3.05) is 0 Å². The van der Waals surface area contributed by atoms with Gasteiger partial charge in [-0.3, -0.25) is 4.98 Å². The van der Waals surface area contributed by atoms with E-state index in [9.17, 15) is 4.39 Å². The maximum Gasteiger partial charge on any atom is 0.141 e. The molecule has 0 amide bonds. The fraction of sp³-hybridized carbons (Fsp3) is 0.688. The van der Waals surface area contributed by atoms with Crippen molar-refractivity contribution in [1.29, 1.82) is 0 Å². The molecule has 1 aromatic rings. The van der Waals surface area contributed by atoms with Crippen LogP contribution in [0.5, 0.6) is 0 Å². The summed E-state index contributed by atoms with van der Waals surface area (Å²) < 4.78 is 13.3. The standard InChI is InChI=1S/C16H26FN/c1-4-6-7-8-10-16(3,9-5-2)14-11-15(17)13-18-12-14/h11-13H,4-10H2,1-3H3. The van der Waals surface area contributed by atoms with E-state index < -0.39 is 0 Å². The van der Waals surface area contributed by atoms with Crippen molar-refractivity contribution in [3.05, 3.63) is 29.8 Å². The molecule has 1 nitrogen and oxygen atoms in total. The molecule has 0 aliphatic heterocycles. The van der Waals surface area contributed by atoms with Crippen molar-refractivity contribution < 1.29 is 4.39 Å². The van der Waals surface area contributed by atoms with E-state index in [-0.39, 0.29) is 11.2 Å². The van der Waals surface area contributed by atoms with Gasteiger partial charge in [-0.1, -0.05) is 52.9 Å². The number of nitrogens with zero attached hydrogens (tertiary/aromatic N) is 1. The molecule has 0 saturated heterocycles. The molecule has 0 aliphatic carbocycles. The van der Waals surface area contributed by atoms with Gasteiger partial charge >= 0.3 is 0 Å². The van der Waals surface area contributed by atoms with Gasteiger partial charge in [0, 0.05) is 6.20 Å². The van der Waals surface area contributed by atoms with Gasteiger partial charge in [0.1, 0.15) is 5.82 Å². The first-order valence-corrected chi connectivity index (χ1v) is 7.23. The predicted octanol–water partition coefficient (Wildman–Crippen LogP) is 5.25. The summed E-state index contributed by atoms with van der Waals surface area (Å²) in [5.74, 6) is -0.219. The first-order chi connectivity index (χ1) is 8.62. The maximum atomic E-state index is 13.3. The lowest BCUT2D eigenvalue weighted by Crippen LogP contribution is -2.22. The van der Waals surface area contributed by atoms with Crippen LogP contribution in [0.4, 0.5) is 4.39 Å². The average molecular weight is 251 g/mol. The Morgan fingerprint density at radius 2 is 1.83 bits per heavy atom. The van der Waals surface area contributed by atoms with Gasteiger partial charge in [-0.25, -0.2) is 4.39 Å². The molecular weight excluding hydrogens is 225 g/mol. The number of pyridine rings is 1. The Labute approximate surface area is 111 Å². The Hall–Kier alpha value is -0.920. The zero-order valence-electron chi connectivity index (χ0n) is 12.0. The molecule has 0 fully saturated rings. The third-order valence-electron chi connectivity index (χ3n) is 3.79. The summed E-state index contributed by atoms with van der Waals surface area (Å²) in [7, 11) is 0. The Kier molecular flexibility index (Phi) is 6.31. The zero-order valence-corrected chi connectivity index (χ0v) is 12.0. The Morgan fingerprint density at radius 3 is 2.44 bits per heavy atom. The van der Waals surface area contributed by atoms with E-state index in [0.717, 1.165) is 24.8 Å². The third-order valence-corrected chi connectivity index (χ3v) is 3.79. The van der Waals surface area contributed by atoms with Gasteiger partial charge in [-0.05, 0) is 29.9 Å². The maximum absolute atomic E-state index is 13.3. The summed E-state index contributed by atoms with van der Waals surface area (Å²) >= 11 is 0. The lowest BCUT2D eigenvalue weighted by molar-refractivity contribution is 0.374. The highest BCUT2D eigenvalue weighted by Crippen LogP contribution is 2.34. The van der Waals surface area contributed by atoms with Crippen LogP contribution in [0.3, 0.4) is 0 Å². The average Bonchev–Trinajstić information content (AvgIpc) is 2.35. The summed E-state index contributed by atoms with van der Waals surface area (Å²) in [6.07, 6.45) is 11.5. The molecule has 0 N–H and O–H groups in total. The summed E-state index contributed by atoms with van der Waals surface area (Å²) in [6, 6.07) is 1.66. The normalized spacial score (nSPS) is 14.4. The summed E-state index contributed by atoms with van der Waals surface area (Å²) in [5.41, 5.74) is 1.14. The minimum Gasteiger partial charge on any atom is -0.261 e. The van der Waals surface area contributed by atoms with Crippen molar-refractivity contribution >= 4 is 0 Å². The second-order valence-corrected chi connectivity index (χ2v) is 5.51. The van der Waals surface area contributed by atoms with Crippen molar-refractivity contribution in [2.24, 2.45) is 0 Å². The number of aromatic nitrogens is 1. The van der Waals surface area contributed by atoms with Crippen molar-refractivity contribution in [3.8, 4) is 0 Å². The van der Waals surface area contributed by atoms with E-state index in [1.165, 1.54) is 31.9 Å². The van der Waals surface area contributed by atoms with Crippen LogP contribution in [0.1, 0.15) is 71.3 Å². The van der Waals surface area contributed by atoms with Gasteiger partial charge in [0.05, 0.1) is 6.20 Å². The van der Waals surface area contributed by atoms with E-state index in [4.69, 9.17) is 0 Å². The van der Waals surface area contributed by atoms with Crippen molar-refractivity contribution in [3.63, 3.8) is 0 Å². The molecule has 0 aromatic carbocycles. The molecule has 0 aliphatic rings. The van der Waals surface area contributed by atoms with Crippen LogP contribution in [0, 0.1) is 5.82 Å². The van der Waals surface area contributed by atoms with E-state index in [1.54, 1.807) is 6.07 Å². The second kappa shape index (κ2) is 7.50. The van der Waals surface area contributed by atoms with Crippen LogP contribution in [0.25, 0.3) is 0 Å². The van der Waals surface area contributed by atoms with Crippen molar-refractivity contribution in [1.82, 2.24) is 4.98 Å². The molecule has 0 spiro atoms. The van der Waals surface area contributed by atoms with Crippen molar-refractivity contribution in [2.45, 2.75) is 71.1 Å². The van der Waals surface area contributed by atoms with Crippen LogP contribution in [-0.2, 0) is 5.41 Å². The van der Waals surface area contributed by atoms with Crippen LogP contribution in [0.15, 0.2) is 18.5 Å². The second-order valence-electron chi connectivity index (χ2n) is 5.51. The number of hydrogen-bond donors (Lipinski definition) is 0. The highest BCUT2D eigenvalue weighted by Gasteiger charge is 2.25. The lowest BCUT2D eigenvalue weighted by atomic mass is 9.75. The summed E-state index contributed by atoms with van der Waals surface area (Å²) in [6.45, 7) is 6.66. The van der Waals surface area contributed by atoms with Gasteiger partial charge in [-0.15, -0.1) is 0 Å². The summed E-state index contributed by atoms with van der Waals surface area (Å²) in [4.78, 5) is 4.00. The molecule has 0 saturated carbocycles. The molecule has 0 bridgehead atoms. The molecule has 18 heavy (non-hydrogen) atoms. The fourth-order valence-electron chi connectivity index (χ4n) is 2.65. The monoisotopic (exact) mass is 251 g/mol. The topological polar surface area (TPSA) is 12.9 Å². The smallest absolute Gasteiger partial charge is 0.141 e. The third kappa shape index (κ3) is 4.40. The SMILES string of the molecule is CCCCCCC(C)(CCC)c1cncc(F)c1. The first-order valence-electron chi connectivity index (χ1n) is 7.23. The van der Waals surface area contributed by atoms with Gasteiger partial charge in [-0.2, -0.15) is 0 Å². The minimum absolute atomic E-state index is 0.0809. The summed E-state index contributed by atoms with van der Waals surface area (Å²) in [5, 5.41) is 0. The van der Waals surface area contributed by atoms with E-state index >= 15 is 0 Å². The van der Waals surface area contributed by atoms with Crippen LogP contribution >= 0.6 is 0 Å². The molecule has 1 atom stereocenters. The molecular formula is C16H26FN. The van der Waals surface area contributed by atoms with Crippen LogP contribution in [0.2, 0.25) is 0 Å². The molecule has 1 unspecified atom stereocenters. The van der Waals surface area contributed by atoms with Crippen LogP contribution in [-0.4, -0.2) is 4.98 Å². The highest BCUT2D eigenvalue weighted by molar-refractivity contribution is 5.21. The fourth-order valence-corrected chi connectivity index (χ4v) is 2.65. The first kappa shape index (κ1) is 15.1. The van der Waals surface area contributed by atoms with E-state index in [0.29, 0.717) is 0 Å². The highest BCUT2D eigenvalue weighted by atomic mass is 19.1. The number of halogens is 1. The van der Waals surface area contributed by atoms with E-state index in [1.807, 2.05) is 6.20 Å². The van der Waals surface area contributed by atoms with E-state index in [2.05, 4.69) is 25.8 Å². The number of hydrogen-bond acceptors (Lipinski definition) is 1. The Balaban J connectivity index is 2.72. The van der Waals surface area contributed by atoms with Gasteiger partial charge in [0.15, 0.2) is 0 Å². The van der Waals surface area contributed by atoms with Gasteiger partial charge in [0.2, 0.25) is 0 Å². The van der Waals surface area contributed by atoms with Crippen LogP contribution < -0.4 is 0 Å². The molecule has 102 valence electrons. The number of unbranched alkanes of at least 4 members (excludes halogenated alkanes) is 3. The largest absolute Gasteiger partial charge is 0.261 e. The molecule has 0 radical (unpaired) electrons. The molecule has 1 heterocycles. The molecule has 1 rings (SSSR count). The molecule has 2 heteroatoms. The molecule has 1 aromatic heterocycles.